The first-order valence-electron chi connectivity index (χ1n) is 4.25. The second kappa shape index (κ2) is 3.21. The van der Waals surface area contributed by atoms with Gasteiger partial charge in [-0.1, -0.05) is 0 Å². The lowest BCUT2D eigenvalue weighted by Gasteiger charge is -2.32. The summed E-state index contributed by atoms with van der Waals surface area (Å²) in [6, 6.07) is 0. The first-order valence-corrected chi connectivity index (χ1v) is 5.19. The molecule has 2 saturated heterocycles. The van der Waals surface area contributed by atoms with Crippen molar-refractivity contribution in [2.24, 2.45) is 0 Å². The maximum Gasteiger partial charge on any atom is 0.302 e. The predicted octanol–water partition coefficient (Wildman–Crippen LogP) is 0.223. The van der Waals surface area contributed by atoms with Crippen molar-refractivity contribution in [3.63, 3.8) is 0 Å². The molecule has 13 heavy (non-hydrogen) atoms. The van der Waals surface area contributed by atoms with Crippen LogP contribution in [0.5, 0.6) is 0 Å². The smallest absolute Gasteiger partial charge is 0.302 e. The summed E-state index contributed by atoms with van der Waals surface area (Å²) in [5.41, 5.74) is 0. The molecule has 0 aromatic carbocycles. The van der Waals surface area contributed by atoms with Gasteiger partial charge in [-0.15, -0.1) is 11.8 Å². The molecule has 2 fully saturated rings. The number of hydrogen-bond acceptors (Lipinski definition) is 4. The number of carbonyl (C=O) groups is 2. The van der Waals surface area contributed by atoms with Crippen molar-refractivity contribution in [3.05, 3.63) is 0 Å². The molecule has 2 aliphatic rings. The third-order valence-electron chi connectivity index (χ3n) is 2.24. The van der Waals surface area contributed by atoms with Gasteiger partial charge in [0.2, 0.25) is 5.91 Å². The molecule has 0 unspecified atom stereocenters. The second-order valence-corrected chi connectivity index (χ2v) is 4.75. The summed E-state index contributed by atoms with van der Waals surface area (Å²) in [6.45, 7) is 2.57. The summed E-state index contributed by atoms with van der Waals surface area (Å²) in [7, 11) is 0. The van der Waals surface area contributed by atoms with Crippen molar-refractivity contribution in [1.82, 2.24) is 4.90 Å². The zero-order chi connectivity index (χ0) is 9.42. The molecule has 2 aliphatic heterocycles. The summed E-state index contributed by atoms with van der Waals surface area (Å²) in [6.07, 6.45) is 0.654. The highest BCUT2D eigenvalue weighted by Gasteiger charge is 2.44. The second-order valence-electron chi connectivity index (χ2n) is 3.27. The Morgan fingerprint density at radius 1 is 1.77 bits per heavy atom. The average molecular weight is 201 g/mol. The highest BCUT2D eigenvalue weighted by molar-refractivity contribution is 8.00. The van der Waals surface area contributed by atoms with Crippen molar-refractivity contribution in [2.75, 3.05) is 13.2 Å². The van der Waals surface area contributed by atoms with Crippen LogP contribution in [0.15, 0.2) is 0 Å². The lowest BCUT2D eigenvalue weighted by molar-refractivity contribution is -0.141. The molecule has 0 aliphatic carbocycles. The van der Waals surface area contributed by atoms with Gasteiger partial charge in [0.25, 0.3) is 0 Å². The highest BCUT2D eigenvalue weighted by Crippen LogP contribution is 2.39. The van der Waals surface area contributed by atoms with Crippen LogP contribution < -0.4 is 0 Å². The first kappa shape index (κ1) is 8.87. The van der Waals surface area contributed by atoms with Gasteiger partial charge in [0.15, 0.2) is 0 Å². The summed E-state index contributed by atoms with van der Waals surface area (Å²) in [5.74, 6) is -0.0241. The molecule has 5 heteroatoms. The number of nitrogens with zero attached hydrogens (tertiary/aromatic N) is 1. The number of carbonyl (C=O) groups excluding carboxylic acids is 2. The number of esters is 1. The van der Waals surface area contributed by atoms with Crippen LogP contribution in [-0.4, -0.2) is 40.6 Å². The van der Waals surface area contributed by atoms with E-state index in [9.17, 15) is 9.59 Å². The molecule has 0 N–H and O–H groups in total. The van der Waals surface area contributed by atoms with Gasteiger partial charge in [0, 0.05) is 13.5 Å². The minimum absolute atomic E-state index is 0.225. The summed E-state index contributed by atoms with van der Waals surface area (Å²) >= 11 is 1.73. The molecule has 0 bridgehead atoms. The maximum absolute atomic E-state index is 11.0. The van der Waals surface area contributed by atoms with Gasteiger partial charge < -0.3 is 9.64 Å². The standard InChI is InChI=1S/C8H11NO3S/c1-5(10)12-4-6-3-9-7(11)2-8(9)13-6/h6,8H,2-4H2,1H3/t6-,8-/m0/s1. The summed E-state index contributed by atoms with van der Waals surface area (Å²) in [5, 5.41) is 0.633. The number of amides is 1. The van der Waals surface area contributed by atoms with E-state index in [2.05, 4.69) is 0 Å². The normalized spacial score (nSPS) is 31.2. The quantitative estimate of drug-likeness (QED) is 0.474. The number of rotatable bonds is 2. The van der Waals surface area contributed by atoms with E-state index < -0.39 is 0 Å². The van der Waals surface area contributed by atoms with Gasteiger partial charge in [0.1, 0.15) is 6.61 Å². The lowest BCUT2D eigenvalue weighted by atomic mass is 10.2. The van der Waals surface area contributed by atoms with Gasteiger partial charge in [0.05, 0.1) is 17.0 Å². The highest BCUT2D eigenvalue weighted by atomic mass is 32.2. The predicted molar refractivity (Wildman–Crippen MR) is 48.1 cm³/mol. The molecule has 72 valence electrons. The average Bonchev–Trinajstić information content (AvgIpc) is 2.39. The Kier molecular flexibility index (Phi) is 2.19. The Labute approximate surface area is 80.6 Å². The SMILES string of the molecule is CC(=O)OC[C@@H]1CN2C(=O)C[C@@H]2S1. The van der Waals surface area contributed by atoms with E-state index in [0.717, 1.165) is 6.54 Å². The molecule has 0 aromatic rings. The van der Waals surface area contributed by atoms with Crippen molar-refractivity contribution < 1.29 is 14.3 Å². The Bertz CT molecular complexity index is 256. The van der Waals surface area contributed by atoms with Gasteiger partial charge >= 0.3 is 5.97 Å². The van der Waals surface area contributed by atoms with Gasteiger partial charge in [-0.25, -0.2) is 0 Å². The molecule has 2 rings (SSSR count). The molecular formula is C8H11NO3S. The van der Waals surface area contributed by atoms with Crippen LogP contribution in [0.2, 0.25) is 0 Å². The van der Waals surface area contributed by atoms with E-state index in [-0.39, 0.29) is 17.1 Å². The van der Waals surface area contributed by atoms with Crippen LogP contribution in [0.25, 0.3) is 0 Å². The molecule has 1 amide bonds. The number of hydrogen-bond donors (Lipinski definition) is 0. The Balaban J connectivity index is 1.78. The summed E-state index contributed by atoms with van der Waals surface area (Å²) in [4.78, 5) is 23.4. The largest absolute Gasteiger partial charge is 0.465 e. The fraction of sp³-hybridized carbons (Fsp3) is 0.750. The molecule has 0 spiro atoms. The van der Waals surface area contributed by atoms with Crippen LogP contribution >= 0.6 is 11.8 Å². The van der Waals surface area contributed by atoms with E-state index in [4.69, 9.17) is 4.74 Å². The molecular weight excluding hydrogens is 190 g/mol. The van der Waals surface area contributed by atoms with Crippen LogP contribution in [0.3, 0.4) is 0 Å². The minimum atomic E-state index is -0.249. The van der Waals surface area contributed by atoms with E-state index in [0.29, 0.717) is 18.4 Å². The fourth-order valence-corrected chi connectivity index (χ4v) is 2.98. The summed E-state index contributed by atoms with van der Waals surface area (Å²) < 4.78 is 4.89. The van der Waals surface area contributed by atoms with Crippen LogP contribution in [0.4, 0.5) is 0 Å². The topological polar surface area (TPSA) is 46.6 Å². The van der Waals surface area contributed by atoms with Crippen LogP contribution in [0, 0.1) is 0 Å². The van der Waals surface area contributed by atoms with E-state index in [1.807, 2.05) is 4.90 Å². The molecule has 2 heterocycles. The van der Waals surface area contributed by atoms with Gasteiger partial charge in [-0.3, -0.25) is 9.59 Å². The van der Waals surface area contributed by atoms with E-state index in [1.165, 1.54) is 6.92 Å². The molecule has 0 radical (unpaired) electrons. The van der Waals surface area contributed by atoms with E-state index >= 15 is 0 Å². The van der Waals surface area contributed by atoms with Gasteiger partial charge in [-0.2, -0.15) is 0 Å². The van der Waals surface area contributed by atoms with E-state index in [1.54, 1.807) is 11.8 Å². The Morgan fingerprint density at radius 2 is 2.54 bits per heavy atom. The lowest BCUT2D eigenvalue weighted by Crippen LogP contribution is -2.47. The van der Waals surface area contributed by atoms with Crippen molar-refractivity contribution in [1.29, 1.82) is 0 Å². The number of fused-ring (bicyclic) bond motifs is 1. The number of β-lactam (4-membered cyclic amide) rings is 1. The van der Waals surface area contributed by atoms with Crippen LogP contribution in [-0.2, 0) is 14.3 Å². The third-order valence-corrected chi connectivity index (χ3v) is 3.64. The molecule has 0 aromatic heterocycles. The zero-order valence-corrected chi connectivity index (χ0v) is 8.17. The van der Waals surface area contributed by atoms with Crippen LogP contribution in [0.1, 0.15) is 13.3 Å². The third kappa shape index (κ3) is 1.65. The van der Waals surface area contributed by atoms with Gasteiger partial charge in [-0.05, 0) is 0 Å². The zero-order valence-electron chi connectivity index (χ0n) is 7.36. The minimum Gasteiger partial charge on any atom is -0.465 e. The Morgan fingerprint density at radius 3 is 3.08 bits per heavy atom. The molecule has 2 atom stereocenters. The maximum atomic E-state index is 11.0. The molecule has 0 saturated carbocycles. The first-order chi connectivity index (χ1) is 6.16. The van der Waals surface area contributed by atoms with Crippen molar-refractivity contribution >= 4 is 23.6 Å². The van der Waals surface area contributed by atoms with Crippen molar-refractivity contribution in [3.8, 4) is 0 Å². The van der Waals surface area contributed by atoms with Crippen molar-refractivity contribution in [2.45, 2.75) is 24.0 Å². The number of thioether (sulfide) groups is 1. The molecule has 4 nitrogen and oxygen atoms in total. The Hall–Kier alpha value is -0.710. The fourth-order valence-electron chi connectivity index (χ4n) is 1.55. The monoisotopic (exact) mass is 201 g/mol. The number of ether oxygens (including phenoxy) is 1.